The van der Waals surface area contributed by atoms with E-state index in [0.29, 0.717) is 5.92 Å². The summed E-state index contributed by atoms with van der Waals surface area (Å²) in [4.78, 5) is 11.4. The molecule has 1 atom stereocenters. The third-order valence-corrected chi connectivity index (χ3v) is 2.53. The molecule has 0 aliphatic carbocycles. The van der Waals surface area contributed by atoms with Crippen molar-refractivity contribution in [1.82, 2.24) is 5.32 Å². The number of carbonyl (C=O) groups is 1. The van der Waals surface area contributed by atoms with Crippen molar-refractivity contribution in [1.29, 1.82) is 0 Å². The molecule has 0 aromatic carbocycles. The summed E-state index contributed by atoms with van der Waals surface area (Å²) >= 11 is 0. The number of carbonyl (C=O) groups excluding carboxylic acids is 1. The van der Waals surface area contributed by atoms with Gasteiger partial charge in [0.05, 0.1) is 0 Å². The molecule has 102 valence electrons. The molecule has 1 N–H and O–H groups in total. The highest BCUT2D eigenvalue weighted by atomic mass is 16.1. The Hall–Kier alpha value is -1.93. The molecule has 0 radical (unpaired) electrons. The molecule has 0 heterocycles. The van der Waals surface area contributed by atoms with E-state index >= 15 is 0 Å². The van der Waals surface area contributed by atoms with E-state index in [2.05, 4.69) is 42.8 Å². The van der Waals surface area contributed by atoms with Gasteiger partial charge in [0.1, 0.15) is 0 Å². The predicted octanol–water partition coefficient (Wildman–Crippen LogP) is 3.07. The number of unbranched alkanes of at least 4 members (excludes halogenated alkanes) is 1. The highest BCUT2D eigenvalue weighted by Crippen LogP contribution is 1.97. The molecule has 0 aliphatic rings. The van der Waals surface area contributed by atoms with Crippen molar-refractivity contribution in [2.45, 2.75) is 40.0 Å². The van der Waals surface area contributed by atoms with Crippen LogP contribution in [0.25, 0.3) is 0 Å². The first-order valence-corrected chi connectivity index (χ1v) is 6.71. The molecule has 19 heavy (non-hydrogen) atoms. The van der Waals surface area contributed by atoms with Crippen molar-refractivity contribution in [3.63, 3.8) is 0 Å². The summed E-state index contributed by atoms with van der Waals surface area (Å²) in [5, 5.41) is 2.86. The van der Waals surface area contributed by atoms with E-state index in [1.165, 1.54) is 0 Å². The van der Waals surface area contributed by atoms with Crippen molar-refractivity contribution < 1.29 is 4.79 Å². The van der Waals surface area contributed by atoms with Gasteiger partial charge >= 0.3 is 0 Å². The Morgan fingerprint density at radius 1 is 1.32 bits per heavy atom. The molecule has 1 unspecified atom stereocenters. The SMILES string of the molecule is CC#CC#CCC/C=C/C=C/C(=O)NCC(C)CC. The van der Waals surface area contributed by atoms with Gasteiger partial charge < -0.3 is 5.32 Å². The van der Waals surface area contributed by atoms with Crippen LogP contribution in [-0.2, 0) is 4.79 Å². The van der Waals surface area contributed by atoms with Crippen LogP contribution < -0.4 is 5.32 Å². The van der Waals surface area contributed by atoms with Crippen molar-refractivity contribution in [3.8, 4) is 23.7 Å². The highest BCUT2D eigenvalue weighted by molar-refractivity contribution is 5.87. The van der Waals surface area contributed by atoms with Crippen LogP contribution in [-0.4, -0.2) is 12.5 Å². The molecule has 0 rings (SSSR count). The van der Waals surface area contributed by atoms with E-state index in [1.807, 2.05) is 12.2 Å². The Labute approximate surface area is 117 Å². The van der Waals surface area contributed by atoms with Crippen molar-refractivity contribution >= 4 is 5.91 Å². The molecule has 0 aromatic rings. The molecule has 0 fully saturated rings. The van der Waals surface area contributed by atoms with E-state index in [9.17, 15) is 4.79 Å². The lowest BCUT2D eigenvalue weighted by molar-refractivity contribution is -0.116. The second kappa shape index (κ2) is 12.5. The lowest BCUT2D eigenvalue weighted by atomic mass is 10.1. The number of hydrogen-bond donors (Lipinski definition) is 1. The van der Waals surface area contributed by atoms with Gasteiger partial charge in [0.2, 0.25) is 5.91 Å². The fourth-order valence-corrected chi connectivity index (χ4v) is 1.12. The minimum atomic E-state index is -0.0389. The zero-order valence-electron chi connectivity index (χ0n) is 12.1. The van der Waals surface area contributed by atoms with Gasteiger partial charge in [-0.25, -0.2) is 0 Å². The number of rotatable bonds is 7. The maximum absolute atomic E-state index is 11.4. The van der Waals surface area contributed by atoms with Gasteiger partial charge in [-0.15, -0.1) is 0 Å². The van der Waals surface area contributed by atoms with Crippen LogP contribution in [0.4, 0.5) is 0 Å². The summed E-state index contributed by atoms with van der Waals surface area (Å²) in [6.45, 7) is 6.74. The summed E-state index contributed by atoms with van der Waals surface area (Å²) in [7, 11) is 0. The van der Waals surface area contributed by atoms with E-state index in [-0.39, 0.29) is 5.91 Å². The van der Waals surface area contributed by atoms with Crippen molar-refractivity contribution in [2.75, 3.05) is 6.54 Å². The monoisotopic (exact) mass is 257 g/mol. The molecule has 2 nitrogen and oxygen atoms in total. The number of allylic oxidation sites excluding steroid dienone is 3. The molecule has 2 heteroatoms. The quantitative estimate of drug-likeness (QED) is 0.323. The molecule has 0 bridgehead atoms. The second-order valence-electron chi connectivity index (χ2n) is 4.26. The first-order chi connectivity index (χ1) is 9.20. The topological polar surface area (TPSA) is 29.1 Å². The average molecular weight is 257 g/mol. The number of hydrogen-bond acceptors (Lipinski definition) is 1. The van der Waals surface area contributed by atoms with Gasteiger partial charge in [0.15, 0.2) is 0 Å². The van der Waals surface area contributed by atoms with Crippen molar-refractivity contribution in [2.24, 2.45) is 5.92 Å². The third-order valence-electron chi connectivity index (χ3n) is 2.53. The van der Waals surface area contributed by atoms with Crippen LogP contribution in [0.1, 0.15) is 40.0 Å². The summed E-state index contributed by atoms with van der Waals surface area (Å²) in [5.74, 6) is 11.6. The van der Waals surface area contributed by atoms with Gasteiger partial charge in [-0.3, -0.25) is 4.79 Å². The number of amides is 1. The standard InChI is InChI=1S/C17H23NO/c1-4-6-7-8-9-10-11-12-13-14-17(19)18-15-16(3)5-2/h11-14,16H,5,9-10,15H2,1-3H3,(H,18,19)/b12-11+,14-13+. The van der Waals surface area contributed by atoms with Crippen LogP contribution in [0, 0.1) is 29.6 Å². The normalized spacial score (nSPS) is 11.5. The van der Waals surface area contributed by atoms with Crippen LogP contribution in [0.5, 0.6) is 0 Å². The van der Waals surface area contributed by atoms with Gasteiger partial charge in [-0.2, -0.15) is 0 Å². The Kier molecular flexibility index (Phi) is 11.3. The Bertz CT molecular complexity index is 424. The Balaban J connectivity index is 3.74. The fraction of sp³-hybridized carbons (Fsp3) is 0.471. The average Bonchev–Trinajstić information content (AvgIpc) is 2.42. The van der Waals surface area contributed by atoms with Crippen LogP contribution >= 0.6 is 0 Å². The lowest BCUT2D eigenvalue weighted by Crippen LogP contribution is -2.26. The van der Waals surface area contributed by atoms with E-state index < -0.39 is 0 Å². The first kappa shape index (κ1) is 17.1. The van der Waals surface area contributed by atoms with E-state index in [1.54, 1.807) is 19.1 Å². The van der Waals surface area contributed by atoms with Gasteiger partial charge in [-0.05, 0) is 31.1 Å². The number of nitrogens with one attached hydrogen (secondary N) is 1. The second-order valence-corrected chi connectivity index (χ2v) is 4.26. The highest BCUT2D eigenvalue weighted by Gasteiger charge is 1.99. The molecule has 0 aliphatic heterocycles. The van der Waals surface area contributed by atoms with Crippen LogP contribution in [0.3, 0.4) is 0 Å². The summed E-state index contributed by atoms with van der Waals surface area (Å²) < 4.78 is 0. The fourth-order valence-electron chi connectivity index (χ4n) is 1.12. The minimum Gasteiger partial charge on any atom is -0.352 e. The van der Waals surface area contributed by atoms with E-state index in [0.717, 1.165) is 25.8 Å². The molecule has 0 spiro atoms. The maximum Gasteiger partial charge on any atom is 0.243 e. The van der Waals surface area contributed by atoms with Gasteiger partial charge in [0.25, 0.3) is 0 Å². The minimum absolute atomic E-state index is 0.0389. The Morgan fingerprint density at radius 2 is 2.11 bits per heavy atom. The van der Waals surface area contributed by atoms with Crippen LogP contribution in [0.2, 0.25) is 0 Å². The molecule has 0 aromatic heterocycles. The van der Waals surface area contributed by atoms with Gasteiger partial charge in [0, 0.05) is 19.0 Å². The van der Waals surface area contributed by atoms with Gasteiger partial charge in [-0.1, -0.05) is 50.3 Å². The van der Waals surface area contributed by atoms with E-state index in [4.69, 9.17) is 0 Å². The zero-order chi connectivity index (χ0) is 14.3. The maximum atomic E-state index is 11.4. The molecular formula is C17H23NO. The summed E-state index contributed by atoms with van der Waals surface area (Å²) in [6.07, 6.45) is 9.91. The molecule has 1 amide bonds. The predicted molar refractivity (Wildman–Crippen MR) is 81.2 cm³/mol. The third kappa shape index (κ3) is 12.3. The smallest absolute Gasteiger partial charge is 0.243 e. The zero-order valence-corrected chi connectivity index (χ0v) is 12.1. The van der Waals surface area contributed by atoms with Crippen molar-refractivity contribution in [3.05, 3.63) is 24.3 Å². The lowest BCUT2D eigenvalue weighted by Gasteiger charge is -2.07. The molecule has 0 saturated heterocycles. The molecular weight excluding hydrogens is 234 g/mol. The molecule has 0 saturated carbocycles. The largest absolute Gasteiger partial charge is 0.352 e. The Morgan fingerprint density at radius 3 is 2.79 bits per heavy atom. The summed E-state index contributed by atoms with van der Waals surface area (Å²) in [6, 6.07) is 0. The first-order valence-electron chi connectivity index (χ1n) is 6.71. The summed E-state index contributed by atoms with van der Waals surface area (Å²) in [5.41, 5.74) is 0. The van der Waals surface area contributed by atoms with Crippen LogP contribution in [0.15, 0.2) is 24.3 Å².